The van der Waals surface area contributed by atoms with Crippen LogP contribution in [0.15, 0.2) is 65.3 Å². The van der Waals surface area contributed by atoms with Crippen molar-refractivity contribution in [3.05, 3.63) is 66.2 Å². The molecule has 8 heteroatoms. The van der Waals surface area contributed by atoms with Gasteiger partial charge in [0.2, 0.25) is 0 Å². The Morgan fingerprint density at radius 2 is 2.03 bits per heavy atom. The van der Waals surface area contributed by atoms with Gasteiger partial charge in [0.1, 0.15) is 0 Å². The summed E-state index contributed by atoms with van der Waals surface area (Å²) in [6.45, 7) is 3.84. The highest BCUT2D eigenvalue weighted by Gasteiger charge is 2.32. The van der Waals surface area contributed by atoms with Crippen LogP contribution in [0.25, 0.3) is 0 Å². The molecule has 2 amide bonds. The fourth-order valence-corrected chi connectivity index (χ4v) is 2.85. The van der Waals surface area contributed by atoms with Gasteiger partial charge in [-0.2, -0.15) is 5.10 Å². The molecule has 0 unspecified atom stereocenters. The number of hydrogen-bond donors (Lipinski definition) is 1. The van der Waals surface area contributed by atoms with Gasteiger partial charge >= 0.3 is 0 Å². The van der Waals surface area contributed by atoms with Crippen molar-refractivity contribution < 1.29 is 19.1 Å². The zero-order valence-corrected chi connectivity index (χ0v) is 15.9. The van der Waals surface area contributed by atoms with Crippen molar-refractivity contribution in [1.29, 1.82) is 0 Å². The van der Waals surface area contributed by atoms with Crippen molar-refractivity contribution in [3.8, 4) is 11.5 Å². The zero-order chi connectivity index (χ0) is 20.8. The largest absolute Gasteiger partial charge is 0.493 e. The van der Waals surface area contributed by atoms with E-state index in [9.17, 15) is 9.59 Å². The van der Waals surface area contributed by atoms with Crippen LogP contribution in [0.4, 0.5) is 5.69 Å². The van der Waals surface area contributed by atoms with Crippen LogP contribution in [-0.4, -0.2) is 44.0 Å². The summed E-state index contributed by atoms with van der Waals surface area (Å²) in [5, 5.41) is 8.20. The summed E-state index contributed by atoms with van der Waals surface area (Å²) < 4.78 is 10.5. The molecular weight excluding hydrogens is 372 g/mol. The van der Waals surface area contributed by atoms with Gasteiger partial charge in [0.15, 0.2) is 23.8 Å². The third-order valence-corrected chi connectivity index (χ3v) is 4.13. The van der Waals surface area contributed by atoms with E-state index in [1.54, 1.807) is 29.2 Å². The van der Waals surface area contributed by atoms with E-state index in [1.807, 2.05) is 24.3 Å². The van der Waals surface area contributed by atoms with E-state index in [-0.39, 0.29) is 18.2 Å². The second-order valence-electron chi connectivity index (χ2n) is 6.08. The number of fused-ring (bicyclic) bond motifs is 1. The van der Waals surface area contributed by atoms with Gasteiger partial charge in [0.05, 0.1) is 19.0 Å². The van der Waals surface area contributed by atoms with Crippen molar-refractivity contribution in [3.63, 3.8) is 0 Å². The quantitative estimate of drug-likeness (QED) is 0.421. The first-order valence-corrected chi connectivity index (χ1v) is 8.77. The Labute approximate surface area is 167 Å². The maximum Gasteiger partial charge on any atom is 0.279 e. The molecule has 2 N–H and O–H groups in total. The fourth-order valence-electron chi connectivity index (χ4n) is 2.85. The van der Waals surface area contributed by atoms with E-state index < -0.39 is 5.91 Å². The molecule has 1 aliphatic rings. The van der Waals surface area contributed by atoms with Gasteiger partial charge in [-0.1, -0.05) is 24.3 Å². The average Bonchev–Trinajstić information content (AvgIpc) is 2.99. The first-order chi connectivity index (χ1) is 14.0. The second-order valence-corrected chi connectivity index (χ2v) is 6.08. The van der Waals surface area contributed by atoms with Gasteiger partial charge in [0, 0.05) is 12.1 Å². The molecule has 0 fully saturated rings. The van der Waals surface area contributed by atoms with E-state index in [2.05, 4.69) is 16.8 Å². The van der Waals surface area contributed by atoms with Crippen LogP contribution in [0, 0.1) is 0 Å². The predicted octanol–water partition coefficient (Wildman–Crippen LogP) is 1.92. The highest BCUT2D eigenvalue weighted by atomic mass is 16.5. The van der Waals surface area contributed by atoms with Gasteiger partial charge < -0.3 is 20.1 Å². The average molecular weight is 392 g/mol. The van der Waals surface area contributed by atoms with Crippen molar-refractivity contribution in [2.45, 2.75) is 0 Å². The molecule has 148 valence electrons. The van der Waals surface area contributed by atoms with Crippen molar-refractivity contribution >= 4 is 29.4 Å². The number of carbonyl (C=O) groups is 2. The Bertz CT molecular complexity index is 1010. The number of carbonyl (C=O) groups excluding carboxylic acids is 2. The van der Waals surface area contributed by atoms with Crippen LogP contribution in [0.5, 0.6) is 11.5 Å². The molecule has 8 nitrogen and oxygen atoms in total. The number of ether oxygens (including phenoxy) is 2. The lowest BCUT2D eigenvalue weighted by atomic mass is 10.1. The van der Waals surface area contributed by atoms with E-state index in [0.29, 0.717) is 23.6 Å². The molecule has 0 spiro atoms. The molecule has 0 radical (unpaired) electrons. The summed E-state index contributed by atoms with van der Waals surface area (Å²) >= 11 is 0. The van der Waals surface area contributed by atoms with Crippen molar-refractivity contribution in [2.24, 2.45) is 15.9 Å². The number of primary amides is 1. The topological polar surface area (TPSA) is 107 Å². The summed E-state index contributed by atoms with van der Waals surface area (Å²) in [7, 11) is 1.48. The molecule has 0 aliphatic carbocycles. The Kier molecular flexibility index (Phi) is 6.03. The Morgan fingerprint density at radius 3 is 2.76 bits per heavy atom. The molecule has 2 aromatic carbocycles. The number of amides is 2. The van der Waals surface area contributed by atoms with Crippen LogP contribution in [-0.2, 0) is 9.59 Å². The van der Waals surface area contributed by atoms with E-state index in [4.69, 9.17) is 15.2 Å². The molecule has 0 saturated carbocycles. The number of nitrogens with zero attached hydrogens (tertiary/aromatic N) is 3. The fraction of sp³-hybridized carbons (Fsp3) is 0.143. The normalized spacial score (nSPS) is 14.3. The molecule has 0 atom stereocenters. The summed E-state index contributed by atoms with van der Waals surface area (Å²) in [6, 6.07) is 12.4. The lowest BCUT2D eigenvalue weighted by Gasteiger charge is -2.13. The Balaban J connectivity index is 1.83. The van der Waals surface area contributed by atoms with Crippen LogP contribution in [0.1, 0.15) is 11.1 Å². The van der Waals surface area contributed by atoms with Gasteiger partial charge in [-0.3, -0.25) is 9.59 Å². The molecule has 0 saturated heterocycles. The van der Waals surface area contributed by atoms with Gasteiger partial charge in [0.25, 0.3) is 11.8 Å². The molecule has 0 aromatic heterocycles. The van der Waals surface area contributed by atoms with Crippen LogP contribution in [0.3, 0.4) is 0 Å². The number of anilines is 1. The minimum absolute atomic E-state index is 0.226. The summed E-state index contributed by atoms with van der Waals surface area (Å²) in [5.41, 5.74) is 7.54. The zero-order valence-electron chi connectivity index (χ0n) is 15.9. The highest BCUT2D eigenvalue weighted by Crippen LogP contribution is 2.29. The number of benzene rings is 2. The SMILES string of the molecule is C=CCN1C(=O)/C(=N\N=C/c2ccc(OCC(N)=O)c(OC)c2)c2ccccc21. The van der Waals surface area contributed by atoms with E-state index in [1.165, 1.54) is 13.3 Å². The number of methoxy groups -OCH3 is 1. The standard InChI is InChI=1S/C21H20N4O4/c1-3-10-25-16-7-5-4-6-15(16)20(21(25)27)24-23-12-14-8-9-17(18(11-14)28-2)29-13-19(22)26/h3-9,11-12H,1,10,13H2,2H3,(H2,22,26)/b23-12-,24-20-. The van der Waals surface area contributed by atoms with Crippen LogP contribution in [0.2, 0.25) is 0 Å². The first kappa shape index (κ1) is 19.8. The molecule has 2 aromatic rings. The minimum Gasteiger partial charge on any atom is -0.493 e. The molecule has 29 heavy (non-hydrogen) atoms. The van der Waals surface area contributed by atoms with Gasteiger partial charge in [-0.25, -0.2) is 0 Å². The lowest BCUT2D eigenvalue weighted by Crippen LogP contribution is -2.30. The molecular formula is C21H20N4O4. The lowest BCUT2D eigenvalue weighted by molar-refractivity contribution is -0.120. The summed E-state index contributed by atoms with van der Waals surface area (Å²) in [5.74, 6) is -0.00594. The maximum absolute atomic E-state index is 12.7. The first-order valence-electron chi connectivity index (χ1n) is 8.77. The van der Waals surface area contributed by atoms with Crippen molar-refractivity contribution in [1.82, 2.24) is 0 Å². The summed E-state index contributed by atoms with van der Waals surface area (Å²) in [4.78, 5) is 25.1. The molecule has 0 bridgehead atoms. The third-order valence-electron chi connectivity index (χ3n) is 4.13. The van der Waals surface area contributed by atoms with E-state index >= 15 is 0 Å². The number of hydrogen-bond acceptors (Lipinski definition) is 6. The molecule has 1 heterocycles. The predicted molar refractivity (Wildman–Crippen MR) is 111 cm³/mol. The highest BCUT2D eigenvalue weighted by molar-refractivity contribution is 6.54. The van der Waals surface area contributed by atoms with Gasteiger partial charge in [-0.15, -0.1) is 11.7 Å². The number of rotatable bonds is 8. The number of para-hydroxylation sites is 1. The maximum atomic E-state index is 12.7. The second kappa shape index (κ2) is 8.83. The van der Waals surface area contributed by atoms with Crippen LogP contribution >= 0.6 is 0 Å². The molecule has 3 rings (SSSR count). The summed E-state index contributed by atoms with van der Waals surface area (Å²) in [6.07, 6.45) is 3.16. The van der Waals surface area contributed by atoms with Crippen molar-refractivity contribution in [2.75, 3.05) is 25.2 Å². The molecule has 1 aliphatic heterocycles. The third kappa shape index (κ3) is 4.32. The van der Waals surface area contributed by atoms with Crippen LogP contribution < -0.4 is 20.1 Å². The smallest absolute Gasteiger partial charge is 0.279 e. The minimum atomic E-state index is -0.583. The number of nitrogens with two attached hydrogens (primary N) is 1. The van der Waals surface area contributed by atoms with Gasteiger partial charge in [-0.05, 0) is 29.8 Å². The Hall–Kier alpha value is -3.94. The Morgan fingerprint density at radius 1 is 1.24 bits per heavy atom. The monoisotopic (exact) mass is 392 g/mol. The van der Waals surface area contributed by atoms with E-state index in [0.717, 1.165) is 11.3 Å².